The molecular formula is C15H26N2O5. The number of fused-ring (bicyclic) bond motifs is 2. The zero-order valence-corrected chi connectivity index (χ0v) is 14.1. The van der Waals surface area contributed by atoms with Crippen molar-refractivity contribution in [2.24, 2.45) is 0 Å². The van der Waals surface area contributed by atoms with Gasteiger partial charge in [-0.3, -0.25) is 0 Å². The van der Waals surface area contributed by atoms with Gasteiger partial charge in [0.25, 0.3) is 0 Å². The van der Waals surface area contributed by atoms with E-state index in [9.17, 15) is 14.7 Å². The molecular weight excluding hydrogens is 288 g/mol. The molecule has 0 spiro atoms. The van der Waals surface area contributed by atoms with Gasteiger partial charge in [0.1, 0.15) is 11.2 Å². The second-order valence-electron chi connectivity index (χ2n) is 7.91. The maximum absolute atomic E-state index is 12.4. The zero-order valence-electron chi connectivity index (χ0n) is 14.1. The van der Waals surface area contributed by atoms with Crippen molar-refractivity contribution in [2.75, 3.05) is 0 Å². The number of hydrogen-bond donors (Lipinski definition) is 1. The summed E-state index contributed by atoms with van der Waals surface area (Å²) in [6, 6.07) is -0.672. The van der Waals surface area contributed by atoms with Crippen LogP contribution < -0.4 is 0 Å². The van der Waals surface area contributed by atoms with Crippen LogP contribution in [0.5, 0.6) is 0 Å². The van der Waals surface area contributed by atoms with E-state index in [0.717, 1.165) is 0 Å². The molecule has 1 N–H and O–H groups in total. The molecule has 0 unspecified atom stereocenters. The van der Waals surface area contributed by atoms with E-state index in [1.807, 2.05) is 0 Å². The van der Waals surface area contributed by atoms with Gasteiger partial charge in [0.2, 0.25) is 0 Å². The van der Waals surface area contributed by atoms with E-state index in [0.29, 0.717) is 12.8 Å². The normalized spacial score (nSPS) is 28.0. The van der Waals surface area contributed by atoms with Gasteiger partial charge >= 0.3 is 12.2 Å². The Bertz CT molecular complexity index is 466. The fourth-order valence-electron chi connectivity index (χ4n) is 2.84. The molecule has 22 heavy (non-hydrogen) atoms. The Morgan fingerprint density at radius 1 is 0.909 bits per heavy atom. The summed E-state index contributed by atoms with van der Waals surface area (Å²) < 4.78 is 10.7. The van der Waals surface area contributed by atoms with Crippen LogP contribution in [0, 0.1) is 0 Å². The van der Waals surface area contributed by atoms with E-state index in [4.69, 9.17) is 9.47 Å². The number of nitrogens with zero attached hydrogens (tertiary/aromatic N) is 2. The number of rotatable bonds is 0. The molecule has 126 valence electrons. The first kappa shape index (κ1) is 16.9. The van der Waals surface area contributed by atoms with Crippen molar-refractivity contribution in [3.63, 3.8) is 0 Å². The van der Waals surface area contributed by atoms with Crippen LogP contribution in [0.25, 0.3) is 0 Å². The van der Waals surface area contributed by atoms with Crippen molar-refractivity contribution in [1.82, 2.24) is 10.0 Å². The fourth-order valence-corrected chi connectivity index (χ4v) is 2.84. The predicted octanol–water partition coefficient (Wildman–Crippen LogP) is 2.28. The Kier molecular flexibility index (Phi) is 4.06. The summed E-state index contributed by atoms with van der Waals surface area (Å²) in [5, 5.41) is 12.6. The van der Waals surface area contributed by atoms with Gasteiger partial charge in [0, 0.05) is 0 Å². The highest BCUT2D eigenvalue weighted by Crippen LogP contribution is 2.39. The van der Waals surface area contributed by atoms with Gasteiger partial charge in [0.15, 0.2) is 0 Å². The van der Waals surface area contributed by atoms with Gasteiger partial charge in [0.05, 0.1) is 18.2 Å². The molecule has 3 atom stereocenters. The van der Waals surface area contributed by atoms with E-state index < -0.39 is 35.5 Å². The van der Waals surface area contributed by atoms with Gasteiger partial charge in [-0.2, -0.15) is 0 Å². The molecule has 2 fully saturated rings. The Hall–Kier alpha value is -1.50. The highest BCUT2D eigenvalue weighted by molar-refractivity contribution is 5.76. The first-order chi connectivity index (χ1) is 9.89. The zero-order chi connectivity index (χ0) is 16.9. The molecule has 0 aromatic carbocycles. The lowest BCUT2D eigenvalue weighted by Gasteiger charge is -2.40. The summed E-state index contributed by atoms with van der Waals surface area (Å²) in [5.41, 5.74) is -1.33. The first-order valence-electron chi connectivity index (χ1n) is 7.61. The van der Waals surface area contributed by atoms with Crippen molar-refractivity contribution >= 4 is 12.2 Å². The topological polar surface area (TPSA) is 79.3 Å². The summed E-state index contributed by atoms with van der Waals surface area (Å²) in [5.74, 6) is 0. The third kappa shape index (κ3) is 3.45. The number of ether oxygens (including phenoxy) is 2. The van der Waals surface area contributed by atoms with Crippen LogP contribution in [0.3, 0.4) is 0 Å². The third-order valence-corrected chi connectivity index (χ3v) is 3.52. The number of aliphatic hydroxyl groups excluding tert-OH is 1. The van der Waals surface area contributed by atoms with Gasteiger partial charge in [-0.25, -0.2) is 19.6 Å². The number of amides is 2. The number of aliphatic hydroxyl groups is 1. The van der Waals surface area contributed by atoms with Crippen LogP contribution in [-0.2, 0) is 9.47 Å². The van der Waals surface area contributed by atoms with Crippen LogP contribution in [0.1, 0.15) is 54.4 Å². The van der Waals surface area contributed by atoms with E-state index in [-0.39, 0.29) is 6.04 Å². The molecule has 2 aliphatic rings. The molecule has 0 aromatic heterocycles. The molecule has 2 bridgehead atoms. The van der Waals surface area contributed by atoms with Crippen LogP contribution in [-0.4, -0.2) is 56.7 Å². The maximum Gasteiger partial charge on any atom is 0.429 e. The van der Waals surface area contributed by atoms with Gasteiger partial charge in [-0.15, -0.1) is 0 Å². The van der Waals surface area contributed by atoms with Crippen LogP contribution >= 0.6 is 0 Å². The molecule has 2 amide bonds. The molecule has 7 heteroatoms. The number of carbonyl (C=O) groups is 2. The Labute approximate surface area is 131 Å². The summed E-state index contributed by atoms with van der Waals surface area (Å²) in [7, 11) is 0. The lowest BCUT2D eigenvalue weighted by Crippen LogP contribution is -2.58. The smallest absolute Gasteiger partial charge is 0.429 e. The molecule has 1 heterocycles. The quantitative estimate of drug-likeness (QED) is 0.742. The highest BCUT2D eigenvalue weighted by Gasteiger charge is 2.55. The summed E-state index contributed by atoms with van der Waals surface area (Å²) >= 11 is 0. The Morgan fingerprint density at radius 3 is 1.82 bits per heavy atom. The fraction of sp³-hybridized carbons (Fsp3) is 0.867. The van der Waals surface area contributed by atoms with Crippen molar-refractivity contribution in [3.8, 4) is 0 Å². The summed E-state index contributed by atoms with van der Waals surface area (Å²) in [4.78, 5) is 24.8. The van der Waals surface area contributed by atoms with Crippen LogP contribution in [0.4, 0.5) is 9.59 Å². The van der Waals surface area contributed by atoms with E-state index >= 15 is 0 Å². The van der Waals surface area contributed by atoms with Crippen LogP contribution in [0.15, 0.2) is 0 Å². The minimum absolute atomic E-state index is 0.234. The van der Waals surface area contributed by atoms with Crippen LogP contribution in [0.2, 0.25) is 0 Å². The third-order valence-electron chi connectivity index (χ3n) is 3.52. The van der Waals surface area contributed by atoms with Crippen molar-refractivity contribution in [1.29, 1.82) is 0 Å². The van der Waals surface area contributed by atoms with Gasteiger partial charge in [-0.05, 0) is 54.4 Å². The standard InChI is InChI=1S/C15H26N2O5/c1-14(2,3)21-12(19)16-9-7-10(11(18)8-9)17(16)13(20)22-15(4,5)6/h9-11,18H,7-8H2,1-6H3/t9-,10+,11+/m1/s1. The maximum atomic E-state index is 12.4. The Morgan fingerprint density at radius 2 is 1.36 bits per heavy atom. The lowest BCUT2D eigenvalue weighted by molar-refractivity contribution is -0.0986. The minimum Gasteiger partial charge on any atom is -0.442 e. The monoisotopic (exact) mass is 314 g/mol. The van der Waals surface area contributed by atoms with Crippen molar-refractivity contribution < 1.29 is 24.2 Å². The number of hydrogen-bond acceptors (Lipinski definition) is 5. The number of carbonyl (C=O) groups excluding carboxylic acids is 2. The average Bonchev–Trinajstić information content (AvgIpc) is 2.79. The second kappa shape index (κ2) is 5.30. The largest absolute Gasteiger partial charge is 0.442 e. The highest BCUT2D eigenvalue weighted by atomic mass is 16.6. The Balaban J connectivity index is 2.20. The number of hydrazine groups is 1. The van der Waals surface area contributed by atoms with Gasteiger partial charge < -0.3 is 14.6 Å². The minimum atomic E-state index is -0.677. The predicted molar refractivity (Wildman–Crippen MR) is 79.0 cm³/mol. The summed E-state index contributed by atoms with van der Waals surface area (Å²) in [6.07, 6.45) is -0.873. The van der Waals surface area contributed by atoms with E-state index in [1.54, 1.807) is 41.5 Å². The summed E-state index contributed by atoms with van der Waals surface area (Å²) in [6.45, 7) is 10.6. The first-order valence-corrected chi connectivity index (χ1v) is 7.61. The molecule has 0 radical (unpaired) electrons. The van der Waals surface area contributed by atoms with E-state index in [1.165, 1.54) is 10.0 Å². The second-order valence-corrected chi connectivity index (χ2v) is 7.91. The molecule has 1 saturated carbocycles. The van der Waals surface area contributed by atoms with Crippen molar-refractivity contribution in [2.45, 2.75) is 83.8 Å². The molecule has 1 aliphatic heterocycles. The van der Waals surface area contributed by atoms with E-state index in [2.05, 4.69) is 0 Å². The molecule has 1 saturated heterocycles. The molecule has 2 rings (SSSR count). The molecule has 7 nitrogen and oxygen atoms in total. The molecule has 0 aromatic rings. The lowest BCUT2D eigenvalue weighted by atomic mass is 10.2. The SMILES string of the molecule is CC(C)(C)OC(=O)N1[C@H]2C[C@H](O)[C@H](C2)N1C(=O)OC(C)(C)C. The van der Waals surface area contributed by atoms with Gasteiger partial charge in [-0.1, -0.05) is 0 Å². The average molecular weight is 314 g/mol. The molecule has 1 aliphatic carbocycles. The van der Waals surface area contributed by atoms with Crippen molar-refractivity contribution in [3.05, 3.63) is 0 Å².